The maximum atomic E-state index is 12.6. The molecule has 0 bridgehead atoms. The number of carbonyl (C=O) groups excluding carboxylic acids is 1. The van der Waals surface area contributed by atoms with Crippen LogP contribution in [-0.4, -0.2) is 56.8 Å². The van der Waals surface area contributed by atoms with Crippen molar-refractivity contribution in [3.8, 4) is 0 Å². The summed E-state index contributed by atoms with van der Waals surface area (Å²) >= 11 is 0. The molecule has 0 aromatic heterocycles. The highest BCUT2D eigenvalue weighted by Crippen LogP contribution is 2.16. The van der Waals surface area contributed by atoms with Gasteiger partial charge < -0.3 is 10.2 Å². The van der Waals surface area contributed by atoms with Gasteiger partial charge >= 0.3 is 0 Å². The fourth-order valence-corrected chi connectivity index (χ4v) is 4.85. The molecule has 1 aliphatic rings. The number of likely N-dealkylation sites (N-methyl/N-ethyl adjacent to an activating group) is 1. The zero-order valence-electron chi connectivity index (χ0n) is 17.3. The largest absolute Gasteiger partial charge is 0.346 e. The molecular weight excluding hydrogens is 386 g/mol. The lowest BCUT2D eigenvalue weighted by molar-refractivity contribution is 0.0940. The van der Waals surface area contributed by atoms with Crippen molar-refractivity contribution in [1.29, 1.82) is 0 Å². The van der Waals surface area contributed by atoms with Crippen LogP contribution in [0.4, 0.5) is 0 Å². The van der Waals surface area contributed by atoms with Gasteiger partial charge in [-0.3, -0.25) is 4.79 Å². The van der Waals surface area contributed by atoms with Crippen molar-refractivity contribution in [2.45, 2.75) is 25.6 Å². The number of benzene rings is 2. The summed E-state index contributed by atoms with van der Waals surface area (Å²) in [5, 5.41) is 2.99. The van der Waals surface area contributed by atoms with Gasteiger partial charge in [0.25, 0.3) is 5.91 Å². The second-order valence-corrected chi connectivity index (χ2v) is 9.73. The molecule has 0 spiro atoms. The topological polar surface area (TPSA) is 69.7 Å². The van der Waals surface area contributed by atoms with Crippen molar-refractivity contribution in [3.63, 3.8) is 0 Å². The first-order chi connectivity index (χ1) is 13.7. The van der Waals surface area contributed by atoms with Crippen LogP contribution < -0.4 is 5.32 Å². The zero-order chi connectivity index (χ0) is 21.0. The number of nitrogens with one attached hydrogen (secondary N) is 1. The number of nitrogens with zero attached hydrogens (tertiary/aromatic N) is 2. The average Bonchev–Trinajstić information content (AvgIpc) is 2.69. The number of piperazine rings is 1. The summed E-state index contributed by atoms with van der Waals surface area (Å²) in [4.78, 5) is 14.6. The predicted octanol–water partition coefficient (Wildman–Crippen LogP) is 2.56. The van der Waals surface area contributed by atoms with E-state index in [0.717, 1.165) is 18.7 Å². The third kappa shape index (κ3) is 5.65. The number of carbonyl (C=O) groups is 1. The smallest absolute Gasteiger partial charge is 0.251 e. The summed E-state index contributed by atoms with van der Waals surface area (Å²) in [7, 11) is -1.35. The first-order valence-corrected chi connectivity index (χ1v) is 11.5. The van der Waals surface area contributed by atoms with Gasteiger partial charge in [-0.25, -0.2) is 8.42 Å². The molecule has 1 amide bonds. The Morgan fingerprint density at radius 2 is 1.59 bits per heavy atom. The van der Waals surface area contributed by atoms with E-state index >= 15 is 0 Å². The molecule has 1 N–H and O–H groups in total. The molecule has 0 unspecified atom stereocenters. The summed E-state index contributed by atoms with van der Waals surface area (Å²) in [6, 6.07) is 14.8. The molecule has 1 saturated heterocycles. The fourth-order valence-electron chi connectivity index (χ4n) is 3.34. The molecule has 7 heteroatoms. The minimum atomic E-state index is -3.35. The maximum absolute atomic E-state index is 12.6. The predicted molar refractivity (Wildman–Crippen MR) is 115 cm³/mol. The van der Waals surface area contributed by atoms with Crippen molar-refractivity contribution < 1.29 is 13.2 Å². The Kier molecular flexibility index (Phi) is 6.72. The number of hydrogen-bond acceptors (Lipinski definition) is 4. The standard InChI is InChI=1S/C22H29N3O3S/c1-17-4-8-20(9-5-17)18(2)23-22(26)21-10-6-19(7-11-21)16-29(27,28)25-14-12-24(3)13-15-25/h4-11,18H,12-16H2,1-3H3,(H,23,26)/t18-/m1/s1. The first kappa shape index (κ1) is 21.5. The van der Waals surface area contributed by atoms with Crippen molar-refractivity contribution in [1.82, 2.24) is 14.5 Å². The van der Waals surface area contributed by atoms with E-state index in [1.807, 2.05) is 45.2 Å². The summed E-state index contributed by atoms with van der Waals surface area (Å²) < 4.78 is 26.8. The number of amides is 1. The molecular formula is C22H29N3O3S. The fraction of sp³-hybridized carbons (Fsp3) is 0.409. The Labute approximate surface area is 173 Å². The first-order valence-electron chi connectivity index (χ1n) is 9.87. The summed E-state index contributed by atoms with van der Waals surface area (Å²) in [5.74, 6) is -0.218. The van der Waals surface area contributed by atoms with Gasteiger partial charge in [-0.2, -0.15) is 4.31 Å². The average molecular weight is 416 g/mol. The molecule has 0 radical (unpaired) electrons. The van der Waals surface area contributed by atoms with Crippen molar-refractivity contribution >= 4 is 15.9 Å². The molecule has 1 fully saturated rings. The van der Waals surface area contributed by atoms with Crippen LogP contribution in [0.1, 0.15) is 40.0 Å². The molecule has 2 aromatic carbocycles. The molecule has 0 aliphatic carbocycles. The van der Waals surface area contributed by atoms with Crippen LogP contribution in [0.25, 0.3) is 0 Å². The van der Waals surface area contributed by atoms with E-state index in [-0.39, 0.29) is 17.7 Å². The van der Waals surface area contributed by atoms with E-state index in [2.05, 4.69) is 10.2 Å². The lowest BCUT2D eigenvalue weighted by atomic mass is 10.1. The highest BCUT2D eigenvalue weighted by atomic mass is 32.2. The molecule has 3 rings (SSSR count). The molecule has 1 aliphatic heterocycles. The van der Waals surface area contributed by atoms with Crippen LogP contribution in [0, 0.1) is 6.92 Å². The molecule has 1 heterocycles. The van der Waals surface area contributed by atoms with Gasteiger partial charge in [0.15, 0.2) is 0 Å². The Morgan fingerprint density at radius 1 is 1.00 bits per heavy atom. The van der Waals surface area contributed by atoms with E-state index < -0.39 is 10.0 Å². The lowest BCUT2D eigenvalue weighted by Gasteiger charge is -2.31. The monoisotopic (exact) mass is 415 g/mol. The van der Waals surface area contributed by atoms with Crippen molar-refractivity contribution in [2.75, 3.05) is 33.2 Å². The van der Waals surface area contributed by atoms with Crippen LogP contribution in [0.5, 0.6) is 0 Å². The van der Waals surface area contributed by atoms with Gasteiger partial charge in [0.1, 0.15) is 0 Å². The Balaban J connectivity index is 1.60. The second-order valence-electron chi connectivity index (χ2n) is 7.76. The van der Waals surface area contributed by atoms with Crippen molar-refractivity contribution in [3.05, 3.63) is 70.8 Å². The third-order valence-electron chi connectivity index (χ3n) is 5.35. The molecule has 6 nitrogen and oxygen atoms in total. The highest BCUT2D eigenvalue weighted by Gasteiger charge is 2.25. The summed E-state index contributed by atoms with van der Waals surface area (Å²) in [5.41, 5.74) is 3.42. The van der Waals surface area contributed by atoms with Crippen LogP contribution in [-0.2, 0) is 15.8 Å². The van der Waals surface area contributed by atoms with E-state index in [4.69, 9.17) is 0 Å². The van der Waals surface area contributed by atoms with Gasteiger partial charge in [0.2, 0.25) is 10.0 Å². The zero-order valence-corrected chi connectivity index (χ0v) is 18.1. The van der Waals surface area contributed by atoms with E-state index in [1.54, 1.807) is 28.6 Å². The molecule has 156 valence electrons. The molecule has 29 heavy (non-hydrogen) atoms. The Hall–Kier alpha value is -2.22. The SMILES string of the molecule is Cc1ccc([C@@H](C)NC(=O)c2ccc(CS(=O)(=O)N3CCN(C)CC3)cc2)cc1. The van der Waals surface area contributed by atoms with Gasteiger partial charge in [0, 0.05) is 31.7 Å². The van der Waals surface area contributed by atoms with Gasteiger partial charge in [0.05, 0.1) is 11.8 Å². The van der Waals surface area contributed by atoms with E-state index in [1.165, 1.54) is 5.56 Å². The normalized spacial score (nSPS) is 17.1. The van der Waals surface area contributed by atoms with Crippen LogP contribution >= 0.6 is 0 Å². The number of hydrogen-bond donors (Lipinski definition) is 1. The third-order valence-corrected chi connectivity index (χ3v) is 7.20. The minimum absolute atomic E-state index is 0.0433. The van der Waals surface area contributed by atoms with E-state index in [9.17, 15) is 13.2 Å². The highest BCUT2D eigenvalue weighted by molar-refractivity contribution is 7.88. The lowest BCUT2D eigenvalue weighted by Crippen LogP contribution is -2.47. The minimum Gasteiger partial charge on any atom is -0.346 e. The molecule has 1 atom stereocenters. The van der Waals surface area contributed by atoms with Gasteiger partial charge in [-0.1, -0.05) is 42.0 Å². The van der Waals surface area contributed by atoms with Crippen LogP contribution in [0.2, 0.25) is 0 Å². The maximum Gasteiger partial charge on any atom is 0.251 e. The summed E-state index contributed by atoms with van der Waals surface area (Å²) in [6.45, 7) is 6.51. The van der Waals surface area contributed by atoms with Crippen LogP contribution in [0.15, 0.2) is 48.5 Å². The second kappa shape index (κ2) is 9.07. The summed E-state index contributed by atoms with van der Waals surface area (Å²) in [6.07, 6.45) is 0. The van der Waals surface area contributed by atoms with Crippen LogP contribution in [0.3, 0.4) is 0 Å². The quantitative estimate of drug-likeness (QED) is 0.787. The number of aryl methyl sites for hydroxylation is 1. The van der Waals surface area contributed by atoms with Gasteiger partial charge in [-0.05, 0) is 44.2 Å². The number of rotatable bonds is 6. The van der Waals surface area contributed by atoms with Gasteiger partial charge in [-0.15, -0.1) is 0 Å². The van der Waals surface area contributed by atoms with Crippen molar-refractivity contribution in [2.24, 2.45) is 0 Å². The van der Waals surface area contributed by atoms with E-state index in [0.29, 0.717) is 24.2 Å². The Morgan fingerprint density at radius 3 is 2.17 bits per heavy atom. The molecule has 0 saturated carbocycles. The Bertz CT molecular complexity index is 932. The number of sulfonamides is 1. The molecule has 2 aromatic rings.